The van der Waals surface area contributed by atoms with Crippen LogP contribution in [-0.2, 0) is 6.42 Å². The standard InChI is InChI=1S/C14H21NO/c1-15-9-3-5-13(11-15)8-7-12-4-2-6-14(16)10-12/h2,4,6,10,13,16H,3,5,7-9,11H2,1H3. The highest BCUT2D eigenvalue weighted by Gasteiger charge is 2.16. The van der Waals surface area contributed by atoms with Crippen molar-refractivity contribution < 1.29 is 5.11 Å². The Balaban J connectivity index is 1.82. The summed E-state index contributed by atoms with van der Waals surface area (Å²) in [6, 6.07) is 7.65. The molecule has 1 aliphatic heterocycles. The van der Waals surface area contributed by atoms with Crippen LogP contribution in [0.4, 0.5) is 0 Å². The first kappa shape index (κ1) is 11.5. The van der Waals surface area contributed by atoms with E-state index in [9.17, 15) is 5.11 Å². The average molecular weight is 219 g/mol. The van der Waals surface area contributed by atoms with Crippen molar-refractivity contribution in [3.05, 3.63) is 29.8 Å². The Labute approximate surface area is 97.9 Å². The van der Waals surface area contributed by atoms with Gasteiger partial charge in [0.2, 0.25) is 0 Å². The molecule has 1 aromatic rings. The van der Waals surface area contributed by atoms with Gasteiger partial charge in [0, 0.05) is 6.54 Å². The predicted octanol–water partition coefficient (Wildman–Crippen LogP) is 2.67. The SMILES string of the molecule is CN1CCCC(CCc2cccc(O)c2)C1. The summed E-state index contributed by atoms with van der Waals surface area (Å²) in [5, 5.41) is 9.38. The topological polar surface area (TPSA) is 23.5 Å². The first-order valence-corrected chi connectivity index (χ1v) is 6.20. The zero-order valence-electron chi connectivity index (χ0n) is 10.0. The Morgan fingerprint density at radius 3 is 3.06 bits per heavy atom. The lowest BCUT2D eigenvalue weighted by Crippen LogP contribution is -2.32. The van der Waals surface area contributed by atoms with Crippen molar-refractivity contribution >= 4 is 0 Å². The fourth-order valence-corrected chi connectivity index (χ4v) is 2.59. The van der Waals surface area contributed by atoms with Crippen LogP contribution in [0.2, 0.25) is 0 Å². The van der Waals surface area contributed by atoms with Crippen LogP contribution in [0.15, 0.2) is 24.3 Å². The molecule has 0 radical (unpaired) electrons. The number of rotatable bonds is 3. The van der Waals surface area contributed by atoms with Gasteiger partial charge in [-0.15, -0.1) is 0 Å². The molecule has 1 saturated heterocycles. The predicted molar refractivity (Wildman–Crippen MR) is 66.6 cm³/mol. The van der Waals surface area contributed by atoms with Crippen molar-refractivity contribution in [1.82, 2.24) is 4.90 Å². The van der Waals surface area contributed by atoms with Crippen molar-refractivity contribution in [3.63, 3.8) is 0 Å². The lowest BCUT2D eigenvalue weighted by molar-refractivity contribution is 0.202. The second-order valence-corrected chi connectivity index (χ2v) is 4.98. The van der Waals surface area contributed by atoms with Crippen LogP contribution in [-0.4, -0.2) is 30.1 Å². The molecule has 2 heteroatoms. The third-order valence-corrected chi connectivity index (χ3v) is 3.47. The van der Waals surface area contributed by atoms with Gasteiger partial charge >= 0.3 is 0 Å². The van der Waals surface area contributed by atoms with Gasteiger partial charge in [0.1, 0.15) is 5.75 Å². The Morgan fingerprint density at radius 1 is 1.44 bits per heavy atom. The molecule has 1 atom stereocenters. The highest BCUT2D eigenvalue weighted by atomic mass is 16.3. The number of phenols is 1. The Hall–Kier alpha value is -1.02. The van der Waals surface area contributed by atoms with Gasteiger partial charge in [-0.1, -0.05) is 12.1 Å². The zero-order chi connectivity index (χ0) is 11.4. The van der Waals surface area contributed by atoms with Gasteiger partial charge in [0.05, 0.1) is 0 Å². The number of hydrogen-bond acceptors (Lipinski definition) is 2. The molecule has 2 nitrogen and oxygen atoms in total. The molecule has 0 aromatic heterocycles. The van der Waals surface area contributed by atoms with Gasteiger partial charge in [-0.25, -0.2) is 0 Å². The maximum absolute atomic E-state index is 9.38. The molecule has 1 aliphatic rings. The first-order chi connectivity index (χ1) is 7.74. The number of nitrogens with zero attached hydrogens (tertiary/aromatic N) is 1. The molecule has 1 fully saturated rings. The van der Waals surface area contributed by atoms with Gasteiger partial charge in [-0.3, -0.25) is 0 Å². The molecule has 0 spiro atoms. The second kappa shape index (κ2) is 5.35. The number of aromatic hydroxyl groups is 1. The highest BCUT2D eigenvalue weighted by molar-refractivity contribution is 5.27. The largest absolute Gasteiger partial charge is 0.508 e. The molecule has 1 N–H and O–H groups in total. The van der Waals surface area contributed by atoms with E-state index >= 15 is 0 Å². The minimum atomic E-state index is 0.387. The Bertz CT molecular complexity index is 337. The molecule has 16 heavy (non-hydrogen) atoms. The van der Waals surface area contributed by atoms with E-state index in [2.05, 4.69) is 18.0 Å². The lowest BCUT2D eigenvalue weighted by atomic mass is 9.92. The molecule has 88 valence electrons. The smallest absolute Gasteiger partial charge is 0.115 e. The minimum Gasteiger partial charge on any atom is -0.508 e. The van der Waals surface area contributed by atoms with E-state index in [1.54, 1.807) is 6.07 Å². The van der Waals surface area contributed by atoms with Crippen LogP contribution < -0.4 is 0 Å². The maximum Gasteiger partial charge on any atom is 0.115 e. The van der Waals surface area contributed by atoms with Crippen LogP contribution in [0.1, 0.15) is 24.8 Å². The third-order valence-electron chi connectivity index (χ3n) is 3.47. The summed E-state index contributed by atoms with van der Waals surface area (Å²) in [4.78, 5) is 2.43. The Kier molecular flexibility index (Phi) is 3.83. The summed E-state index contributed by atoms with van der Waals surface area (Å²) < 4.78 is 0. The molecule has 2 rings (SSSR count). The van der Waals surface area contributed by atoms with Crippen molar-refractivity contribution in [2.45, 2.75) is 25.7 Å². The molecule has 1 aromatic carbocycles. The molecule has 0 bridgehead atoms. The molecule has 0 amide bonds. The van der Waals surface area contributed by atoms with Crippen LogP contribution in [0.5, 0.6) is 5.75 Å². The van der Waals surface area contributed by atoms with Crippen molar-refractivity contribution in [2.75, 3.05) is 20.1 Å². The van der Waals surface area contributed by atoms with E-state index in [4.69, 9.17) is 0 Å². The van der Waals surface area contributed by atoms with Crippen LogP contribution in [0.3, 0.4) is 0 Å². The number of phenolic OH excluding ortho intramolecular Hbond substituents is 1. The maximum atomic E-state index is 9.38. The summed E-state index contributed by atoms with van der Waals surface area (Å²) >= 11 is 0. The van der Waals surface area contributed by atoms with E-state index in [0.29, 0.717) is 5.75 Å². The fraction of sp³-hybridized carbons (Fsp3) is 0.571. The number of likely N-dealkylation sites (tertiary alicyclic amines) is 1. The third kappa shape index (κ3) is 3.24. The summed E-state index contributed by atoms with van der Waals surface area (Å²) in [6.45, 7) is 2.49. The second-order valence-electron chi connectivity index (χ2n) is 4.98. The number of aryl methyl sites for hydroxylation is 1. The minimum absolute atomic E-state index is 0.387. The lowest BCUT2D eigenvalue weighted by Gasteiger charge is -2.29. The van der Waals surface area contributed by atoms with E-state index in [1.807, 2.05) is 12.1 Å². The van der Waals surface area contributed by atoms with Gasteiger partial charge in [0.25, 0.3) is 0 Å². The molecule has 1 unspecified atom stereocenters. The first-order valence-electron chi connectivity index (χ1n) is 6.20. The molecular weight excluding hydrogens is 198 g/mol. The monoisotopic (exact) mass is 219 g/mol. The van der Waals surface area contributed by atoms with Crippen molar-refractivity contribution in [2.24, 2.45) is 5.92 Å². The van der Waals surface area contributed by atoms with Crippen LogP contribution in [0, 0.1) is 5.92 Å². The van der Waals surface area contributed by atoms with Gasteiger partial charge in [-0.05, 0) is 62.9 Å². The van der Waals surface area contributed by atoms with Gasteiger partial charge < -0.3 is 10.0 Å². The van der Waals surface area contributed by atoms with Crippen molar-refractivity contribution in [3.8, 4) is 5.75 Å². The Morgan fingerprint density at radius 2 is 2.31 bits per heavy atom. The summed E-state index contributed by atoms with van der Waals surface area (Å²) in [6.07, 6.45) is 5.03. The summed E-state index contributed by atoms with van der Waals surface area (Å²) in [7, 11) is 2.21. The average Bonchev–Trinajstić information content (AvgIpc) is 2.27. The molecule has 0 aliphatic carbocycles. The van der Waals surface area contributed by atoms with Gasteiger partial charge in [-0.2, -0.15) is 0 Å². The van der Waals surface area contributed by atoms with E-state index < -0.39 is 0 Å². The highest BCUT2D eigenvalue weighted by Crippen LogP contribution is 2.21. The van der Waals surface area contributed by atoms with Gasteiger partial charge in [0.15, 0.2) is 0 Å². The van der Waals surface area contributed by atoms with E-state index in [1.165, 1.54) is 37.9 Å². The number of benzene rings is 1. The number of hydrogen-bond donors (Lipinski definition) is 1. The molecular formula is C14H21NO. The summed E-state index contributed by atoms with van der Waals surface area (Å²) in [5.74, 6) is 1.22. The van der Waals surface area contributed by atoms with E-state index in [-0.39, 0.29) is 0 Å². The normalized spacial score (nSPS) is 22.2. The van der Waals surface area contributed by atoms with E-state index in [0.717, 1.165) is 12.3 Å². The summed E-state index contributed by atoms with van der Waals surface area (Å²) in [5.41, 5.74) is 1.26. The molecule has 0 saturated carbocycles. The van der Waals surface area contributed by atoms with Crippen LogP contribution >= 0.6 is 0 Å². The zero-order valence-corrected chi connectivity index (χ0v) is 10.0. The van der Waals surface area contributed by atoms with Crippen molar-refractivity contribution in [1.29, 1.82) is 0 Å². The number of piperidine rings is 1. The molecule has 1 heterocycles. The quantitative estimate of drug-likeness (QED) is 0.845. The van der Waals surface area contributed by atoms with Crippen LogP contribution in [0.25, 0.3) is 0 Å². The fourth-order valence-electron chi connectivity index (χ4n) is 2.59.